The van der Waals surface area contributed by atoms with Gasteiger partial charge in [-0.05, 0) is 25.2 Å². The molecule has 0 aromatic rings. The maximum atomic E-state index is 11.5. The molecule has 108 valence electrons. The summed E-state index contributed by atoms with van der Waals surface area (Å²) in [5, 5.41) is 0. The summed E-state index contributed by atoms with van der Waals surface area (Å²) < 4.78 is 0. The van der Waals surface area contributed by atoms with Crippen molar-refractivity contribution in [3.8, 4) is 0 Å². The molecule has 0 aliphatic rings. The fraction of sp³-hybridized carbons (Fsp3) is 0.941. The van der Waals surface area contributed by atoms with E-state index in [9.17, 15) is 4.79 Å². The fourth-order valence-electron chi connectivity index (χ4n) is 2.89. The Morgan fingerprint density at radius 3 is 1.50 bits per heavy atom. The summed E-state index contributed by atoms with van der Waals surface area (Å²) in [6.45, 7) is 8.54. The third-order valence-electron chi connectivity index (χ3n) is 4.00. The van der Waals surface area contributed by atoms with Gasteiger partial charge in [-0.25, -0.2) is 0 Å². The van der Waals surface area contributed by atoms with Crippen molar-refractivity contribution in [3.63, 3.8) is 0 Å². The van der Waals surface area contributed by atoms with Crippen molar-refractivity contribution in [2.45, 2.75) is 91.9 Å². The van der Waals surface area contributed by atoms with Crippen LogP contribution in [0.25, 0.3) is 0 Å². The molecule has 18 heavy (non-hydrogen) atoms. The molecule has 0 rings (SSSR count). The van der Waals surface area contributed by atoms with Crippen LogP contribution in [0.5, 0.6) is 0 Å². The maximum absolute atomic E-state index is 11.5. The second-order valence-corrected chi connectivity index (χ2v) is 5.85. The minimum Gasteiger partial charge on any atom is -0.300 e. The molecule has 0 amide bonds. The van der Waals surface area contributed by atoms with Crippen molar-refractivity contribution in [2.24, 2.45) is 11.8 Å². The highest BCUT2D eigenvalue weighted by molar-refractivity contribution is 5.75. The van der Waals surface area contributed by atoms with Gasteiger partial charge in [-0.3, -0.25) is 0 Å². The molecule has 0 aromatic heterocycles. The molecule has 0 saturated heterocycles. The quantitative estimate of drug-likeness (QED) is 0.432. The van der Waals surface area contributed by atoms with Gasteiger partial charge < -0.3 is 4.79 Å². The van der Waals surface area contributed by atoms with Gasteiger partial charge in [0.1, 0.15) is 5.78 Å². The zero-order chi connectivity index (χ0) is 13.8. The van der Waals surface area contributed by atoms with E-state index in [1.54, 1.807) is 6.92 Å². The Kier molecular flexibility index (Phi) is 11.5. The predicted octanol–water partition coefficient (Wildman–Crippen LogP) is 5.77. The van der Waals surface area contributed by atoms with E-state index in [-0.39, 0.29) is 0 Å². The van der Waals surface area contributed by atoms with Crippen molar-refractivity contribution in [3.05, 3.63) is 0 Å². The average molecular weight is 254 g/mol. The molecule has 0 spiro atoms. The van der Waals surface area contributed by atoms with E-state index in [0.29, 0.717) is 11.7 Å². The first-order valence-electron chi connectivity index (χ1n) is 8.15. The normalized spacial score (nSPS) is 12.9. The van der Waals surface area contributed by atoms with Gasteiger partial charge in [0, 0.05) is 6.42 Å². The number of hydrogen-bond acceptors (Lipinski definition) is 1. The zero-order valence-corrected chi connectivity index (χ0v) is 13.1. The van der Waals surface area contributed by atoms with Crippen molar-refractivity contribution >= 4 is 5.78 Å². The van der Waals surface area contributed by atoms with Crippen molar-refractivity contribution in [1.82, 2.24) is 0 Å². The summed E-state index contributed by atoms with van der Waals surface area (Å²) in [4.78, 5) is 11.5. The highest BCUT2D eigenvalue weighted by Gasteiger charge is 2.21. The molecule has 0 aliphatic heterocycles. The Balaban J connectivity index is 4.42. The molecular weight excluding hydrogens is 220 g/mol. The van der Waals surface area contributed by atoms with Crippen LogP contribution in [-0.4, -0.2) is 5.78 Å². The van der Waals surface area contributed by atoms with E-state index in [1.165, 1.54) is 57.8 Å². The lowest BCUT2D eigenvalue weighted by atomic mass is 9.78. The van der Waals surface area contributed by atoms with E-state index >= 15 is 0 Å². The molecule has 1 nitrogen and oxygen atoms in total. The van der Waals surface area contributed by atoms with Crippen molar-refractivity contribution in [2.75, 3.05) is 0 Å². The van der Waals surface area contributed by atoms with E-state index in [2.05, 4.69) is 20.8 Å². The summed E-state index contributed by atoms with van der Waals surface area (Å²) in [5.74, 6) is 1.83. The molecule has 0 aromatic carbocycles. The van der Waals surface area contributed by atoms with Gasteiger partial charge in [0.15, 0.2) is 0 Å². The predicted molar refractivity (Wildman–Crippen MR) is 80.9 cm³/mol. The fourth-order valence-corrected chi connectivity index (χ4v) is 2.89. The van der Waals surface area contributed by atoms with Gasteiger partial charge in [-0.2, -0.15) is 0 Å². The molecule has 0 aliphatic carbocycles. The molecule has 1 atom stereocenters. The number of hydrogen-bond donors (Lipinski definition) is 0. The number of carbonyl (C=O) groups is 1. The highest BCUT2D eigenvalue weighted by atomic mass is 16.1. The lowest BCUT2D eigenvalue weighted by molar-refractivity contribution is -0.118. The van der Waals surface area contributed by atoms with Gasteiger partial charge in [-0.15, -0.1) is 0 Å². The minimum atomic E-state index is 0.383. The zero-order valence-electron chi connectivity index (χ0n) is 13.1. The Labute approximate surface area is 115 Å². The minimum absolute atomic E-state index is 0.383. The lowest BCUT2D eigenvalue weighted by Gasteiger charge is -2.26. The summed E-state index contributed by atoms with van der Waals surface area (Å²) in [7, 11) is 0. The number of ketones is 1. The molecular formula is C17H34O. The van der Waals surface area contributed by atoms with E-state index in [1.807, 2.05) is 0 Å². The van der Waals surface area contributed by atoms with E-state index in [4.69, 9.17) is 0 Å². The summed E-state index contributed by atoms with van der Waals surface area (Å²) >= 11 is 0. The average Bonchev–Trinajstić information content (AvgIpc) is 2.34. The van der Waals surface area contributed by atoms with Crippen molar-refractivity contribution < 1.29 is 4.79 Å². The second kappa shape index (κ2) is 11.7. The smallest absolute Gasteiger partial charge is 0.130 e. The van der Waals surface area contributed by atoms with Gasteiger partial charge in [0.2, 0.25) is 0 Å². The lowest BCUT2D eigenvalue weighted by Crippen LogP contribution is -2.18. The SMILES string of the molecule is CCCCC(CCCC)C(CCCC)CC(C)=O. The molecule has 0 bridgehead atoms. The molecule has 0 fully saturated rings. The Bertz CT molecular complexity index is 190. The first kappa shape index (κ1) is 17.7. The van der Waals surface area contributed by atoms with Crippen LogP contribution in [0.4, 0.5) is 0 Å². The topological polar surface area (TPSA) is 17.1 Å². The first-order valence-corrected chi connectivity index (χ1v) is 8.15. The summed E-state index contributed by atoms with van der Waals surface area (Å²) in [6, 6.07) is 0. The van der Waals surface area contributed by atoms with E-state index in [0.717, 1.165) is 12.3 Å². The molecule has 0 saturated carbocycles. The molecule has 1 heteroatoms. The van der Waals surface area contributed by atoms with E-state index < -0.39 is 0 Å². The van der Waals surface area contributed by atoms with Crippen LogP contribution >= 0.6 is 0 Å². The number of carbonyl (C=O) groups excluding carboxylic acids is 1. The first-order chi connectivity index (χ1) is 8.65. The number of Topliss-reactive ketones (excluding diaryl/α,β-unsaturated/α-hetero) is 1. The van der Waals surface area contributed by atoms with Crippen LogP contribution in [0.15, 0.2) is 0 Å². The van der Waals surface area contributed by atoms with Gasteiger partial charge >= 0.3 is 0 Å². The standard InChI is InChI=1S/C17H34O/c1-5-8-11-16(12-9-6-2)17(13-10-7-3)14-15(4)18/h16-17H,5-14H2,1-4H3. The highest BCUT2D eigenvalue weighted by Crippen LogP contribution is 2.31. The third-order valence-corrected chi connectivity index (χ3v) is 4.00. The largest absolute Gasteiger partial charge is 0.300 e. The number of rotatable bonds is 12. The molecule has 0 N–H and O–H groups in total. The molecule has 0 radical (unpaired) electrons. The maximum Gasteiger partial charge on any atom is 0.130 e. The second-order valence-electron chi connectivity index (χ2n) is 5.85. The van der Waals surface area contributed by atoms with Crippen LogP contribution in [0.3, 0.4) is 0 Å². The monoisotopic (exact) mass is 254 g/mol. The molecule has 0 heterocycles. The summed E-state index contributed by atoms with van der Waals surface area (Å²) in [6.07, 6.45) is 12.5. The van der Waals surface area contributed by atoms with Crippen molar-refractivity contribution in [1.29, 1.82) is 0 Å². The van der Waals surface area contributed by atoms with Crippen LogP contribution < -0.4 is 0 Å². The Morgan fingerprint density at radius 2 is 1.17 bits per heavy atom. The summed E-state index contributed by atoms with van der Waals surface area (Å²) in [5.41, 5.74) is 0. The van der Waals surface area contributed by atoms with Gasteiger partial charge in [0.05, 0.1) is 0 Å². The van der Waals surface area contributed by atoms with Gasteiger partial charge in [0.25, 0.3) is 0 Å². The molecule has 1 unspecified atom stereocenters. The van der Waals surface area contributed by atoms with Gasteiger partial charge in [-0.1, -0.05) is 72.1 Å². The third kappa shape index (κ3) is 8.72. The number of unbranched alkanes of at least 4 members (excludes halogenated alkanes) is 3. The Hall–Kier alpha value is -0.330. The van der Waals surface area contributed by atoms with Crippen LogP contribution in [0.1, 0.15) is 91.9 Å². The van der Waals surface area contributed by atoms with Crippen LogP contribution in [0.2, 0.25) is 0 Å². The Morgan fingerprint density at radius 1 is 0.778 bits per heavy atom. The van der Waals surface area contributed by atoms with Crippen LogP contribution in [0, 0.1) is 11.8 Å². The van der Waals surface area contributed by atoms with Crippen LogP contribution in [-0.2, 0) is 4.79 Å².